The van der Waals surface area contributed by atoms with Gasteiger partial charge < -0.3 is 44.9 Å². The molecule has 306 valence electrons. The Balaban J connectivity index is 0.000000633. The number of halogens is 6. The number of carboxylic acid groups (broad SMARTS) is 2. The van der Waals surface area contributed by atoms with E-state index in [1.165, 1.54) is 21.5 Å². The maximum absolute atomic E-state index is 13.8. The predicted octanol–water partition coefficient (Wildman–Crippen LogP) is 2.97. The molecule has 22 heteroatoms. The fraction of sp³-hybridized carbons (Fsp3) is 0.515. The van der Waals surface area contributed by atoms with Crippen LogP contribution in [0.2, 0.25) is 0 Å². The maximum atomic E-state index is 13.8. The number of ether oxygens (including phenoxy) is 3. The van der Waals surface area contributed by atoms with Crippen LogP contribution in [0.3, 0.4) is 0 Å². The van der Waals surface area contributed by atoms with Gasteiger partial charge in [0.2, 0.25) is 11.5 Å². The molecule has 0 spiro atoms. The third kappa shape index (κ3) is 12.9. The second-order valence-corrected chi connectivity index (χ2v) is 12.3. The summed E-state index contributed by atoms with van der Waals surface area (Å²) in [4.78, 5) is 74.9. The van der Waals surface area contributed by atoms with E-state index in [4.69, 9.17) is 34.0 Å². The minimum absolute atomic E-state index is 0.0965. The van der Waals surface area contributed by atoms with Crippen molar-refractivity contribution < 1.29 is 79.5 Å². The number of carbonyl (C=O) groups is 6. The van der Waals surface area contributed by atoms with Crippen molar-refractivity contribution in [1.29, 1.82) is 0 Å². The number of hydrogen-bond acceptors (Lipinski definition) is 11. The van der Waals surface area contributed by atoms with Crippen molar-refractivity contribution in [3.8, 4) is 22.9 Å². The van der Waals surface area contributed by atoms with Crippen molar-refractivity contribution in [3.63, 3.8) is 0 Å². The number of esters is 2. The van der Waals surface area contributed by atoms with E-state index in [2.05, 4.69) is 10.6 Å². The van der Waals surface area contributed by atoms with Crippen molar-refractivity contribution in [2.24, 2.45) is 11.8 Å². The van der Waals surface area contributed by atoms with Gasteiger partial charge in [-0.05, 0) is 76.1 Å². The van der Waals surface area contributed by atoms with Gasteiger partial charge >= 0.3 is 36.2 Å². The SMILES string of the molecule is COc1ccc(-n2c(C(=O)N(C)C)c(OC(=O)C3CCNCC3)c(OC(=O)C3CCNCC3)c2C(=O)N(C)C)cc1.O=C(O)C(F)(F)F.O=C(O)C(F)(F)F. The molecule has 1 aromatic heterocycles. The van der Waals surface area contributed by atoms with E-state index in [-0.39, 0.29) is 22.9 Å². The minimum Gasteiger partial charge on any atom is -0.497 e. The highest BCUT2D eigenvalue weighted by atomic mass is 19.4. The molecule has 0 unspecified atom stereocenters. The molecule has 0 aliphatic carbocycles. The molecule has 0 bridgehead atoms. The van der Waals surface area contributed by atoms with Gasteiger partial charge in [0.25, 0.3) is 11.8 Å². The number of nitrogens with zero attached hydrogens (tertiary/aromatic N) is 3. The zero-order valence-electron chi connectivity index (χ0n) is 30.3. The van der Waals surface area contributed by atoms with Crippen molar-refractivity contribution in [3.05, 3.63) is 35.7 Å². The average molecular weight is 798 g/mol. The van der Waals surface area contributed by atoms with Crippen LogP contribution in [0, 0.1) is 11.8 Å². The number of carbonyl (C=O) groups excluding carboxylic acids is 4. The Morgan fingerprint density at radius 3 is 1.22 bits per heavy atom. The van der Waals surface area contributed by atoms with E-state index in [9.17, 15) is 45.5 Å². The second-order valence-electron chi connectivity index (χ2n) is 12.3. The molecule has 2 saturated heterocycles. The van der Waals surface area contributed by atoms with Gasteiger partial charge in [-0.1, -0.05) is 0 Å². The zero-order chi connectivity index (χ0) is 41.8. The number of nitrogens with one attached hydrogen (secondary N) is 2. The quantitative estimate of drug-likeness (QED) is 0.224. The number of piperidine rings is 2. The van der Waals surface area contributed by atoms with Gasteiger partial charge in [-0.3, -0.25) is 23.7 Å². The summed E-state index contributed by atoms with van der Waals surface area (Å²) in [5.41, 5.74) is 0.228. The Kier molecular flexibility index (Phi) is 16.5. The van der Waals surface area contributed by atoms with E-state index in [1.54, 1.807) is 52.5 Å². The molecular weight excluding hydrogens is 756 g/mol. The number of hydrogen-bond donors (Lipinski definition) is 4. The lowest BCUT2D eigenvalue weighted by Gasteiger charge is -2.22. The fourth-order valence-corrected chi connectivity index (χ4v) is 5.00. The van der Waals surface area contributed by atoms with Gasteiger partial charge in [0, 0.05) is 33.9 Å². The molecule has 1 aromatic carbocycles. The van der Waals surface area contributed by atoms with E-state index in [0.717, 1.165) is 0 Å². The summed E-state index contributed by atoms with van der Waals surface area (Å²) in [5, 5.41) is 20.7. The van der Waals surface area contributed by atoms with Crippen LogP contribution in [-0.2, 0) is 19.2 Å². The molecule has 0 radical (unpaired) electrons. The molecule has 2 fully saturated rings. The molecule has 4 rings (SSSR count). The van der Waals surface area contributed by atoms with Gasteiger partial charge in [0.1, 0.15) is 5.75 Å². The normalized spacial score (nSPS) is 14.9. The van der Waals surface area contributed by atoms with Crippen LogP contribution in [0.15, 0.2) is 24.3 Å². The summed E-state index contributed by atoms with van der Waals surface area (Å²) in [6, 6.07) is 6.72. The summed E-state index contributed by atoms with van der Waals surface area (Å²) in [6.07, 6.45) is -7.93. The first kappa shape index (κ1) is 45.8. The molecule has 3 heterocycles. The topological polar surface area (TPSA) is 206 Å². The number of benzene rings is 1. The molecule has 2 aliphatic heterocycles. The fourth-order valence-electron chi connectivity index (χ4n) is 5.00. The van der Waals surface area contributed by atoms with Crippen LogP contribution in [0.4, 0.5) is 26.3 Å². The second kappa shape index (κ2) is 19.8. The van der Waals surface area contributed by atoms with Crippen LogP contribution >= 0.6 is 0 Å². The maximum Gasteiger partial charge on any atom is 0.490 e. The molecule has 2 aliphatic rings. The Bertz CT molecular complexity index is 1580. The first-order chi connectivity index (χ1) is 25.5. The number of methoxy groups -OCH3 is 1. The average Bonchev–Trinajstić information content (AvgIpc) is 3.43. The predicted molar refractivity (Wildman–Crippen MR) is 178 cm³/mol. The number of aromatic nitrogens is 1. The molecule has 0 atom stereocenters. The Morgan fingerprint density at radius 2 is 0.964 bits per heavy atom. The monoisotopic (exact) mass is 797 g/mol. The Morgan fingerprint density at radius 1 is 0.655 bits per heavy atom. The number of amides is 2. The van der Waals surface area contributed by atoms with Crippen molar-refractivity contribution >= 4 is 35.7 Å². The Labute approximate surface area is 310 Å². The first-order valence-electron chi connectivity index (χ1n) is 16.3. The van der Waals surface area contributed by atoms with E-state index in [0.29, 0.717) is 63.3 Å². The minimum atomic E-state index is -5.08. The molecule has 2 aromatic rings. The lowest BCUT2D eigenvalue weighted by molar-refractivity contribution is -0.193. The van der Waals surface area contributed by atoms with Gasteiger partial charge in [0.15, 0.2) is 11.4 Å². The highest BCUT2D eigenvalue weighted by molar-refractivity contribution is 6.05. The highest BCUT2D eigenvalue weighted by Gasteiger charge is 2.41. The summed E-state index contributed by atoms with van der Waals surface area (Å²) in [6.45, 7) is 2.60. The van der Waals surface area contributed by atoms with Crippen LogP contribution < -0.4 is 24.8 Å². The van der Waals surface area contributed by atoms with E-state index in [1.807, 2.05) is 0 Å². The number of aliphatic carboxylic acids is 2. The lowest BCUT2D eigenvalue weighted by atomic mass is 9.98. The van der Waals surface area contributed by atoms with Crippen LogP contribution in [0.5, 0.6) is 17.2 Å². The van der Waals surface area contributed by atoms with Crippen LogP contribution in [-0.4, -0.2) is 134 Å². The molecule has 0 saturated carbocycles. The van der Waals surface area contributed by atoms with E-state index >= 15 is 0 Å². The number of alkyl halides is 6. The van der Waals surface area contributed by atoms with Gasteiger partial charge in [-0.25, -0.2) is 9.59 Å². The summed E-state index contributed by atoms with van der Waals surface area (Å²) in [5.74, 6) is -8.42. The third-order valence-corrected chi connectivity index (χ3v) is 7.87. The van der Waals surface area contributed by atoms with Crippen molar-refractivity contribution in [1.82, 2.24) is 25.0 Å². The smallest absolute Gasteiger partial charge is 0.490 e. The number of carboxylic acids is 2. The molecule has 16 nitrogen and oxygen atoms in total. The summed E-state index contributed by atoms with van der Waals surface area (Å²) < 4.78 is 82.1. The van der Waals surface area contributed by atoms with Crippen LogP contribution in [0.1, 0.15) is 46.7 Å². The standard InChI is InChI=1S/C29H39N5O7.2C2HF3O2/c1-32(2)26(35)22-24(40-28(37)18-10-14-30-15-11-18)25(41-29(38)19-12-16-31-17-13-19)23(27(36)33(3)4)34(22)20-6-8-21(39-5)9-7-20;2*3-2(4,5)1(6)7/h6-9,18-19,30-31H,10-17H2,1-5H3;2*(H,6,7). The first-order valence-corrected chi connectivity index (χ1v) is 16.3. The van der Waals surface area contributed by atoms with Crippen molar-refractivity contribution in [2.45, 2.75) is 38.0 Å². The zero-order valence-corrected chi connectivity index (χ0v) is 30.3. The number of rotatable bonds is 8. The largest absolute Gasteiger partial charge is 0.497 e. The summed E-state index contributed by atoms with van der Waals surface area (Å²) >= 11 is 0. The molecular formula is C33H41F6N5O11. The Hall–Kier alpha value is -5.38. The molecule has 4 N–H and O–H groups in total. The van der Waals surface area contributed by atoms with Crippen molar-refractivity contribution in [2.75, 3.05) is 61.5 Å². The lowest BCUT2D eigenvalue weighted by Crippen LogP contribution is -2.35. The molecule has 55 heavy (non-hydrogen) atoms. The van der Waals surface area contributed by atoms with Gasteiger partial charge in [0.05, 0.1) is 18.9 Å². The van der Waals surface area contributed by atoms with Crippen LogP contribution in [0.25, 0.3) is 5.69 Å². The van der Waals surface area contributed by atoms with Gasteiger partial charge in [-0.15, -0.1) is 0 Å². The summed E-state index contributed by atoms with van der Waals surface area (Å²) in [7, 11) is 7.75. The third-order valence-electron chi connectivity index (χ3n) is 7.87. The van der Waals surface area contributed by atoms with Gasteiger partial charge in [-0.2, -0.15) is 26.3 Å². The highest BCUT2D eigenvalue weighted by Crippen LogP contribution is 2.43. The van der Waals surface area contributed by atoms with E-state index < -0.39 is 59.9 Å². The molecule has 2 amide bonds.